The van der Waals surface area contributed by atoms with Gasteiger partial charge in [0.1, 0.15) is 0 Å². The van der Waals surface area contributed by atoms with E-state index in [1.807, 2.05) is 0 Å². The first kappa shape index (κ1) is 15.6. The second-order valence-corrected chi connectivity index (χ2v) is 5.50. The molecule has 0 saturated carbocycles. The summed E-state index contributed by atoms with van der Waals surface area (Å²) in [5.41, 5.74) is -1.12. The molecule has 3 rings (SSSR count). The minimum Gasteiger partial charge on any atom is -0.339 e. The number of likely N-dealkylation sites (tertiary alicyclic amines) is 1. The van der Waals surface area contributed by atoms with Gasteiger partial charge in [0.15, 0.2) is 5.69 Å². The molecule has 2 aromatic rings. The Labute approximate surface area is 131 Å². The third kappa shape index (κ3) is 3.09. The van der Waals surface area contributed by atoms with Gasteiger partial charge in [0.05, 0.1) is 17.4 Å². The van der Waals surface area contributed by atoms with Crippen molar-refractivity contribution < 1.29 is 18.0 Å². The smallest absolute Gasteiger partial charge is 0.339 e. The fourth-order valence-corrected chi connectivity index (χ4v) is 2.81. The van der Waals surface area contributed by atoms with E-state index in [0.29, 0.717) is 13.1 Å². The first-order chi connectivity index (χ1) is 11.0. The Hall–Kier alpha value is -2.31. The fraction of sp³-hybridized carbons (Fsp3) is 0.375. The molecule has 1 aliphatic heterocycles. The van der Waals surface area contributed by atoms with E-state index in [1.54, 1.807) is 18.2 Å². The Morgan fingerprint density at radius 1 is 1.04 bits per heavy atom. The van der Waals surface area contributed by atoms with Crippen molar-refractivity contribution in [3.05, 3.63) is 47.8 Å². The molecule has 0 radical (unpaired) electrons. The lowest BCUT2D eigenvalue weighted by Gasteiger charge is -2.26. The summed E-state index contributed by atoms with van der Waals surface area (Å²) >= 11 is 0. The topological polar surface area (TPSA) is 38.1 Å². The summed E-state index contributed by atoms with van der Waals surface area (Å²) in [7, 11) is 0. The zero-order valence-electron chi connectivity index (χ0n) is 12.4. The highest BCUT2D eigenvalue weighted by molar-refractivity contribution is 5.95. The fourth-order valence-electron chi connectivity index (χ4n) is 2.81. The lowest BCUT2D eigenvalue weighted by atomic mass is 10.1. The van der Waals surface area contributed by atoms with E-state index in [-0.39, 0.29) is 11.3 Å². The van der Waals surface area contributed by atoms with Crippen LogP contribution in [0.5, 0.6) is 0 Å². The molecule has 2 heterocycles. The number of rotatable bonds is 2. The van der Waals surface area contributed by atoms with Crippen LogP contribution in [0.15, 0.2) is 36.5 Å². The SMILES string of the molecule is O=C(c1cnn(-c2ccccc2)c1C(F)(F)F)N1CCCCC1. The van der Waals surface area contributed by atoms with E-state index in [9.17, 15) is 18.0 Å². The van der Waals surface area contributed by atoms with Gasteiger partial charge < -0.3 is 4.90 Å². The molecule has 1 saturated heterocycles. The lowest BCUT2D eigenvalue weighted by Crippen LogP contribution is -2.36. The largest absolute Gasteiger partial charge is 0.434 e. The molecule has 1 fully saturated rings. The van der Waals surface area contributed by atoms with Crippen LogP contribution in [-0.4, -0.2) is 33.7 Å². The Morgan fingerprint density at radius 3 is 2.30 bits per heavy atom. The van der Waals surface area contributed by atoms with Gasteiger partial charge in [-0.05, 0) is 31.4 Å². The van der Waals surface area contributed by atoms with Gasteiger partial charge in [-0.15, -0.1) is 0 Å². The van der Waals surface area contributed by atoms with Crippen LogP contribution < -0.4 is 0 Å². The molecule has 1 aromatic carbocycles. The minimum atomic E-state index is -4.66. The number of aromatic nitrogens is 2. The molecule has 0 N–H and O–H groups in total. The molecule has 122 valence electrons. The molecule has 23 heavy (non-hydrogen) atoms. The van der Waals surface area contributed by atoms with Crippen LogP contribution in [0.4, 0.5) is 13.2 Å². The quantitative estimate of drug-likeness (QED) is 0.848. The number of amides is 1. The van der Waals surface area contributed by atoms with E-state index >= 15 is 0 Å². The van der Waals surface area contributed by atoms with Gasteiger partial charge in [0.2, 0.25) is 0 Å². The summed E-state index contributed by atoms with van der Waals surface area (Å²) in [5.74, 6) is -0.598. The average molecular weight is 323 g/mol. The Kier molecular flexibility index (Phi) is 4.11. The van der Waals surface area contributed by atoms with E-state index < -0.39 is 17.8 Å². The van der Waals surface area contributed by atoms with E-state index in [0.717, 1.165) is 30.1 Å². The zero-order valence-corrected chi connectivity index (χ0v) is 12.4. The van der Waals surface area contributed by atoms with Crippen LogP contribution in [-0.2, 0) is 6.18 Å². The first-order valence-electron chi connectivity index (χ1n) is 7.48. The third-order valence-corrected chi connectivity index (χ3v) is 3.91. The molecular formula is C16H16F3N3O. The number of carbonyl (C=O) groups excluding carboxylic acids is 1. The molecule has 0 bridgehead atoms. The number of carbonyl (C=O) groups is 1. The van der Waals surface area contributed by atoms with Gasteiger partial charge in [0.25, 0.3) is 5.91 Å². The molecule has 1 aliphatic rings. The van der Waals surface area contributed by atoms with Crippen molar-refractivity contribution >= 4 is 5.91 Å². The molecule has 4 nitrogen and oxygen atoms in total. The van der Waals surface area contributed by atoms with Crippen molar-refractivity contribution in [1.29, 1.82) is 0 Å². The second kappa shape index (κ2) is 6.06. The van der Waals surface area contributed by atoms with Crippen LogP contribution in [0, 0.1) is 0 Å². The van der Waals surface area contributed by atoms with Crippen LogP contribution in [0.25, 0.3) is 5.69 Å². The molecule has 1 amide bonds. The number of alkyl halides is 3. The Bertz CT molecular complexity index is 688. The van der Waals surface area contributed by atoms with Gasteiger partial charge in [-0.1, -0.05) is 18.2 Å². The second-order valence-electron chi connectivity index (χ2n) is 5.50. The number of nitrogens with zero attached hydrogens (tertiary/aromatic N) is 3. The van der Waals surface area contributed by atoms with Crippen LogP contribution >= 0.6 is 0 Å². The van der Waals surface area contributed by atoms with Crippen molar-refractivity contribution in [2.24, 2.45) is 0 Å². The summed E-state index contributed by atoms with van der Waals surface area (Å²) in [5, 5.41) is 3.82. The van der Waals surface area contributed by atoms with Crippen molar-refractivity contribution in [3.8, 4) is 5.69 Å². The van der Waals surface area contributed by atoms with E-state index in [4.69, 9.17) is 0 Å². The van der Waals surface area contributed by atoms with Gasteiger partial charge in [-0.25, -0.2) is 4.68 Å². The molecular weight excluding hydrogens is 307 g/mol. The summed E-state index contributed by atoms with van der Waals surface area (Å²) in [6.45, 7) is 0.985. The van der Waals surface area contributed by atoms with Gasteiger partial charge in [-0.2, -0.15) is 18.3 Å². The predicted octanol–water partition coefficient (Wildman–Crippen LogP) is 3.52. The monoisotopic (exact) mass is 323 g/mol. The normalized spacial score (nSPS) is 15.7. The molecule has 0 aliphatic carbocycles. The van der Waals surface area contributed by atoms with Gasteiger partial charge >= 0.3 is 6.18 Å². The van der Waals surface area contributed by atoms with Crippen molar-refractivity contribution in [2.45, 2.75) is 25.4 Å². The maximum absolute atomic E-state index is 13.5. The zero-order chi connectivity index (χ0) is 16.4. The summed E-state index contributed by atoms with van der Waals surface area (Å²) in [6, 6.07) is 8.02. The summed E-state index contributed by atoms with van der Waals surface area (Å²) in [6.07, 6.45) is -1.00. The van der Waals surface area contributed by atoms with Crippen molar-refractivity contribution in [1.82, 2.24) is 14.7 Å². The lowest BCUT2D eigenvalue weighted by molar-refractivity contribution is -0.143. The minimum absolute atomic E-state index is 0.275. The van der Waals surface area contributed by atoms with Crippen LogP contribution in [0.1, 0.15) is 35.3 Å². The highest BCUT2D eigenvalue weighted by Gasteiger charge is 2.41. The van der Waals surface area contributed by atoms with E-state index in [2.05, 4.69) is 5.10 Å². The average Bonchev–Trinajstić information content (AvgIpc) is 3.01. The maximum atomic E-state index is 13.5. The molecule has 0 atom stereocenters. The predicted molar refractivity (Wildman–Crippen MR) is 78.3 cm³/mol. The molecule has 0 spiro atoms. The first-order valence-corrected chi connectivity index (χ1v) is 7.48. The third-order valence-electron chi connectivity index (χ3n) is 3.91. The number of hydrogen-bond donors (Lipinski definition) is 0. The van der Waals surface area contributed by atoms with E-state index in [1.165, 1.54) is 17.0 Å². The van der Waals surface area contributed by atoms with Gasteiger partial charge in [0, 0.05) is 13.1 Å². The number of hydrogen-bond acceptors (Lipinski definition) is 2. The summed E-state index contributed by atoms with van der Waals surface area (Å²) in [4.78, 5) is 14.0. The number of para-hydroxylation sites is 1. The van der Waals surface area contributed by atoms with Crippen molar-refractivity contribution in [2.75, 3.05) is 13.1 Å². The highest BCUT2D eigenvalue weighted by atomic mass is 19.4. The van der Waals surface area contributed by atoms with Crippen LogP contribution in [0.3, 0.4) is 0 Å². The number of benzene rings is 1. The molecule has 7 heteroatoms. The number of piperidine rings is 1. The Balaban J connectivity index is 2.04. The molecule has 0 unspecified atom stereocenters. The standard InChI is InChI=1S/C16H16F3N3O/c17-16(18,19)14-13(15(23)21-9-5-2-6-10-21)11-20-22(14)12-7-3-1-4-8-12/h1,3-4,7-8,11H,2,5-6,9-10H2. The van der Waals surface area contributed by atoms with Crippen molar-refractivity contribution in [3.63, 3.8) is 0 Å². The highest BCUT2D eigenvalue weighted by Crippen LogP contribution is 2.34. The molecule has 1 aromatic heterocycles. The van der Waals surface area contributed by atoms with Crippen LogP contribution in [0.2, 0.25) is 0 Å². The summed E-state index contributed by atoms with van der Waals surface area (Å²) < 4.78 is 41.4. The number of halogens is 3. The van der Waals surface area contributed by atoms with Gasteiger partial charge in [-0.3, -0.25) is 4.79 Å². The Morgan fingerprint density at radius 2 is 1.70 bits per heavy atom. The maximum Gasteiger partial charge on any atom is 0.434 e.